The Morgan fingerprint density at radius 3 is 2.43 bits per heavy atom. The number of nitrogens with one attached hydrogen (secondary N) is 2. The summed E-state index contributed by atoms with van der Waals surface area (Å²) in [6.45, 7) is 10.0. The van der Waals surface area contributed by atoms with Crippen LogP contribution in [0.15, 0.2) is 0 Å². The number of nitrogens with zero attached hydrogens (tertiary/aromatic N) is 2. The fourth-order valence-corrected chi connectivity index (χ4v) is 2.12. The number of aryl methyl sites for hydroxylation is 2. The highest BCUT2D eigenvalue weighted by Gasteiger charge is 2.22. The predicted molar refractivity (Wildman–Crippen MR) is 80.5 cm³/mol. The van der Waals surface area contributed by atoms with Crippen LogP contribution in [0.2, 0.25) is 0 Å². The van der Waals surface area contributed by atoms with Crippen LogP contribution in [0.4, 0.5) is 10.5 Å². The number of carboxylic acid groups (broad SMARTS) is 1. The molecule has 7 nitrogen and oxygen atoms in total. The fourth-order valence-electron chi connectivity index (χ4n) is 2.12. The number of hydrogen-bond donors (Lipinski definition) is 3. The highest BCUT2D eigenvalue weighted by Crippen LogP contribution is 2.19. The molecule has 0 spiro atoms. The minimum absolute atomic E-state index is 0.0130. The maximum absolute atomic E-state index is 12.1. The Balaban J connectivity index is 2.69. The lowest BCUT2D eigenvalue weighted by Gasteiger charge is -2.25. The lowest BCUT2D eigenvalue weighted by molar-refractivity contribution is -0.137. The van der Waals surface area contributed by atoms with Gasteiger partial charge in [0.2, 0.25) is 0 Å². The first-order valence-corrected chi connectivity index (χ1v) is 7.01. The molecule has 0 aromatic carbocycles. The summed E-state index contributed by atoms with van der Waals surface area (Å²) >= 11 is 0. The number of hydrogen-bond acceptors (Lipinski definition) is 3. The summed E-state index contributed by atoms with van der Waals surface area (Å²) in [5, 5.41) is 18.6. The van der Waals surface area contributed by atoms with Crippen molar-refractivity contribution < 1.29 is 14.7 Å². The first-order chi connectivity index (χ1) is 9.66. The van der Waals surface area contributed by atoms with E-state index in [4.69, 9.17) is 5.11 Å². The van der Waals surface area contributed by atoms with E-state index in [2.05, 4.69) is 15.7 Å². The Bertz CT molecular complexity index is 535. The summed E-state index contributed by atoms with van der Waals surface area (Å²) in [4.78, 5) is 22.7. The van der Waals surface area contributed by atoms with Crippen LogP contribution in [0.1, 0.15) is 45.0 Å². The molecule has 1 aromatic rings. The second-order valence-corrected chi connectivity index (χ2v) is 5.72. The van der Waals surface area contributed by atoms with Crippen LogP contribution < -0.4 is 10.6 Å². The predicted octanol–water partition coefficient (Wildman–Crippen LogP) is 2.28. The highest BCUT2D eigenvalue weighted by atomic mass is 16.4. The highest BCUT2D eigenvalue weighted by molar-refractivity contribution is 5.91. The molecule has 118 valence electrons. The third-order valence-corrected chi connectivity index (χ3v) is 3.34. The third kappa shape index (κ3) is 4.77. The van der Waals surface area contributed by atoms with E-state index in [-0.39, 0.29) is 12.5 Å². The Labute approximate surface area is 124 Å². The molecule has 1 heterocycles. The summed E-state index contributed by atoms with van der Waals surface area (Å²) in [6, 6.07) is -0.354. The summed E-state index contributed by atoms with van der Waals surface area (Å²) < 4.78 is 1.82. The van der Waals surface area contributed by atoms with Crippen molar-refractivity contribution in [2.45, 2.75) is 59.5 Å². The van der Waals surface area contributed by atoms with Crippen molar-refractivity contribution in [3.05, 3.63) is 11.4 Å². The van der Waals surface area contributed by atoms with Crippen molar-refractivity contribution in [1.82, 2.24) is 15.1 Å². The average Bonchev–Trinajstić information content (AvgIpc) is 2.63. The lowest BCUT2D eigenvalue weighted by atomic mass is 9.99. The topological polar surface area (TPSA) is 96.3 Å². The molecule has 0 bridgehead atoms. The van der Waals surface area contributed by atoms with Crippen LogP contribution in [0.5, 0.6) is 0 Å². The van der Waals surface area contributed by atoms with E-state index in [0.29, 0.717) is 12.1 Å². The number of aliphatic carboxylic acids is 1. The molecule has 2 amide bonds. The molecule has 0 radical (unpaired) electrons. The summed E-state index contributed by atoms with van der Waals surface area (Å²) in [7, 11) is 0. The number of carbonyl (C=O) groups excluding carboxylic acids is 1. The molecule has 0 fully saturated rings. The molecule has 0 aliphatic heterocycles. The SMILES string of the molecule is CCn1nc(C)c(NC(=O)NC(C)(C)CCC(=O)O)c1C. The normalized spacial score (nSPS) is 11.3. The number of aromatic nitrogens is 2. The van der Waals surface area contributed by atoms with E-state index >= 15 is 0 Å². The maximum Gasteiger partial charge on any atom is 0.319 e. The largest absolute Gasteiger partial charge is 0.481 e. The molecule has 1 rings (SSSR count). The number of rotatable bonds is 6. The van der Waals surface area contributed by atoms with Crippen LogP contribution in [0.3, 0.4) is 0 Å². The van der Waals surface area contributed by atoms with Gasteiger partial charge >= 0.3 is 12.0 Å². The quantitative estimate of drug-likeness (QED) is 0.750. The Morgan fingerprint density at radius 1 is 1.33 bits per heavy atom. The fraction of sp³-hybridized carbons (Fsp3) is 0.643. The molecule has 0 unspecified atom stereocenters. The molecule has 3 N–H and O–H groups in total. The lowest BCUT2D eigenvalue weighted by Crippen LogP contribution is -2.45. The zero-order valence-electron chi connectivity index (χ0n) is 13.3. The molecule has 21 heavy (non-hydrogen) atoms. The molecular weight excluding hydrogens is 272 g/mol. The zero-order chi connectivity index (χ0) is 16.2. The van der Waals surface area contributed by atoms with Crippen molar-refractivity contribution in [3.63, 3.8) is 0 Å². The summed E-state index contributed by atoms with van der Waals surface area (Å²) in [5.74, 6) is -0.874. The molecule has 0 aliphatic rings. The number of urea groups is 1. The van der Waals surface area contributed by atoms with Gasteiger partial charge in [-0.2, -0.15) is 5.10 Å². The molecular formula is C14H24N4O3. The van der Waals surface area contributed by atoms with E-state index in [1.807, 2.05) is 25.5 Å². The van der Waals surface area contributed by atoms with Gasteiger partial charge in [-0.1, -0.05) is 0 Å². The van der Waals surface area contributed by atoms with Gasteiger partial charge in [0, 0.05) is 18.5 Å². The molecule has 0 saturated heterocycles. The van der Waals surface area contributed by atoms with Gasteiger partial charge < -0.3 is 15.7 Å². The second kappa shape index (κ2) is 6.60. The molecule has 0 aliphatic carbocycles. The Kier molecular flexibility index (Phi) is 5.34. The van der Waals surface area contributed by atoms with Crippen LogP contribution in [0, 0.1) is 13.8 Å². The van der Waals surface area contributed by atoms with Gasteiger partial charge in [-0.05, 0) is 41.0 Å². The monoisotopic (exact) mass is 296 g/mol. The van der Waals surface area contributed by atoms with Crippen LogP contribution in [0.25, 0.3) is 0 Å². The zero-order valence-corrected chi connectivity index (χ0v) is 13.3. The van der Waals surface area contributed by atoms with Crippen molar-refractivity contribution in [2.24, 2.45) is 0 Å². The van der Waals surface area contributed by atoms with Crippen molar-refractivity contribution in [3.8, 4) is 0 Å². The van der Waals surface area contributed by atoms with Gasteiger partial charge in [-0.15, -0.1) is 0 Å². The van der Waals surface area contributed by atoms with Crippen LogP contribution >= 0.6 is 0 Å². The maximum atomic E-state index is 12.1. The Hall–Kier alpha value is -2.05. The number of amides is 2. The van der Waals surface area contributed by atoms with E-state index in [1.54, 1.807) is 13.8 Å². The van der Waals surface area contributed by atoms with Gasteiger partial charge in [0.1, 0.15) is 0 Å². The summed E-state index contributed by atoms with van der Waals surface area (Å²) in [5.41, 5.74) is 1.76. The van der Waals surface area contributed by atoms with Gasteiger partial charge in [-0.3, -0.25) is 9.48 Å². The van der Waals surface area contributed by atoms with Gasteiger partial charge in [0.25, 0.3) is 0 Å². The van der Waals surface area contributed by atoms with E-state index < -0.39 is 11.5 Å². The first-order valence-electron chi connectivity index (χ1n) is 7.01. The standard InChI is InChI=1S/C14H24N4O3/c1-6-18-10(3)12(9(2)17-18)15-13(21)16-14(4,5)8-7-11(19)20/h6-8H2,1-5H3,(H,19,20)(H2,15,16,21). The minimum atomic E-state index is -0.874. The smallest absolute Gasteiger partial charge is 0.319 e. The molecule has 1 aromatic heterocycles. The van der Waals surface area contributed by atoms with Gasteiger partial charge in [0.15, 0.2) is 0 Å². The average molecular weight is 296 g/mol. The van der Waals surface area contributed by atoms with Crippen molar-refractivity contribution in [2.75, 3.05) is 5.32 Å². The number of carboxylic acids is 1. The summed E-state index contributed by atoms with van der Waals surface area (Å²) in [6.07, 6.45) is 0.376. The van der Waals surface area contributed by atoms with Crippen molar-refractivity contribution in [1.29, 1.82) is 0 Å². The number of carbonyl (C=O) groups is 2. The molecule has 0 saturated carbocycles. The third-order valence-electron chi connectivity index (χ3n) is 3.34. The minimum Gasteiger partial charge on any atom is -0.481 e. The van der Waals surface area contributed by atoms with E-state index in [9.17, 15) is 9.59 Å². The Morgan fingerprint density at radius 2 is 1.95 bits per heavy atom. The second-order valence-electron chi connectivity index (χ2n) is 5.72. The van der Waals surface area contributed by atoms with Crippen LogP contribution in [-0.4, -0.2) is 32.4 Å². The van der Waals surface area contributed by atoms with Gasteiger partial charge in [0.05, 0.1) is 17.1 Å². The van der Waals surface area contributed by atoms with Crippen LogP contribution in [-0.2, 0) is 11.3 Å². The molecule has 0 atom stereocenters. The van der Waals surface area contributed by atoms with E-state index in [0.717, 1.165) is 17.9 Å². The first kappa shape index (κ1) is 17.0. The van der Waals surface area contributed by atoms with Gasteiger partial charge in [-0.25, -0.2) is 4.79 Å². The van der Waals surface area contributed by atoms with E-state index in [1.165, 1.54) is 0 Å². The van der Waals surface area contributed by atoms with Crippen molar-refractivity contribution >= 4 is 17.7 Å². The number of anilines is 1. The molecule has 7 heteroatoms.